The first-order chi connectivity index (χ1) is 12.3. The standard InChI is InChI=1S/C17H15BrF2N2O3S/c18-13-3-1-2-12(10-13)17(23)21-6-8-22(9-7-21)26(24,25)16-11-14(19)4-5-15(16)20/h1-5,10-11H,6-9H2. The molecule has 0 N–H and O–H groups in total. The van der Waals surface area contributed by atoms with Gasteiger partial charge in [-0.1, -0.05) is 22.0 Å². The zero-order valence-corrected chi connectivity index (χ0v) is 15.9. The van der Waals surface area contributed by atoms with E-state index in [4.69, 9.17) is 0 Å². The van der Waals surface area contributed by atoms with E-state index >= 15 is 0 Å². The smallest absolute Gasteiger partial charge is 0.253 e. The fraction of sp³-hybridized carbons (Fsp3) is 0.235. The number of sulfonamides is 1. The Bertz CT molecular complexity index is 945. The maximum absolute atomic E-state index is 13.8. The summed E-state index contributed by atoms with van der Waals surface area (Å²) in [6.07, 6.45) is 0. The fourth-order valence-corrected chi connectivity index (χ4v) is 4.65. The third kappa shape index (κ3) is 3.79. The van der Waals surface area contributed by atoms with Crippen LogP contribution in [0.2, 0.25) is 0 Å². The second-order valence-electron chi connectivity index (χ2n) is 5.78. The van der Waals surface area contributed by atoms with Gasteiger partial charge < -0.3 is 4.90 Å². The van der Waals surface area contributed by atoms with Crippen molar-refractivity contribution in [3.63, 3.8) is 0 Å². The van der Waals surface area contributed by atoms with Crippen molar-refractivity contribution in [1.82, 2.24) is 9.21 Å². The summed E-state index contributed by atoms with van der Waals surface area (Å²) in [4.78, 5) is 13.4. The molecule has 0 bridgehead atoms. The molecule has 1 amide bonds. The molecule has 0 aliphatic carbocycles. The SMILES string of the molecule is O=C(c1cccc(Br)c1)N1CCN(S(=O)(=O)c2cc(F)ccc2F)CC1. The summed E-state index contributed by atoms with van der Waals surface area (Å²) < 4.78 is 54.1. The number of carbonyl (C=O) groups excluding carboxylic acids is 1. The van der Waals surface area contributed by atoms with E-state index in [1.165, 1.54) is 4.90 Å². The second kappa shape index (κ2) is 7.42. The monoisotopic (exact) mass is 444 g/mol. The van der Waals surface area contributed by atoms with Gasteiger partial charge >= 0.3 is 0 Å². The minimum absolute atomic E-state index is 0.0119. The first kappa shape index (κ1) is 18.9. The minimum atomic E-state index is -4.16. The van der Waals surface area contributed by atoms with E-state index < -0.39 is 26.6 Å². The summed E-state index contributed by atoms with van der Waals surface area (Å²) in [5.74, 6) is -2.03. The summed E-state index contributed by atoms with van der Waals surface area (Å²) in [5.41, 5.74) is 0.492. The van der Waals surface area contributed by atoms with E-state index in [1.54, 1.807) is 24.3 Å². The molecule has 0 radical (unpaired) electrons. The number of hydrogen-bond donors (Lipinski definition) is 0. The van der Waals surface area contributed by atoms with Crippen molar-refractivity contribution in [1.29, 1.82) is 0 Å². The van der Waals surface area contributed by atoms with Crippen LogP contribution in [0.3, 0.4) is 0 Å². The lowest BCUT2D eigenvalue weighted by molar-refractivity contribution is 0.0697. The maximum Gasteiger partial charge on any atom is 0.253 e. The van der Waals surface area contributed by atoms with Crippen molar-refractivity contribution >= 4 is 31.9 Å². The topological polar surface area (TPSA) is 57.7 Å². The van der Waals surface area contributed by atoms with Crippen molar-refractivity contribution in [2.75, 3.05) is 26.2 Å². The van der Waals surface area contributed by atoms with E-state index in [9.17, 15) is 22.0 Å². The molecule has 5 nitrogen and oxygen atoms in total. The zero-order chi connectivity index (χ0) is 18.9. The second-order valence-corrected chi connectivity index (χ2v) is 8.60. The molecule has 26 heavy (non-hydrogen) atoms. The molecule has 1 saturated heterocycles. The minimum Gasteiger partial charge on any atom is -0.336 e. The van der Waals surface area contributed by atoms with Crippen molar-refractivity contribution in [3.8, 4) is 0 Å². The Kier molecular flexibility index (Phi) is 5.40. The van der Waals surface area contributed by atoms with Crippen LogP contribution in [0, 0.1) is 11.6 Å². The summed E-state index contributed by atoms with van der Waals surface area (Å²) in [6.45, 7) is 0.360. The molecule has 9 heteroatoms. The quantitative estimate of drug-likeness (QED) is 0.731. The molecular formula is C17H15BrF2N2O3S. The highest BCUT2D eigenvalue weighted by Gasteiger charge is 2.32. The molecule has 0 aromatic heterocycles. The molecule has 3 rings (SSSR count). The third-order valence-electron chi connectivity index (χ3n) is 4.11. The van der Waals surface area contributed by atoms with E-state index in [1.807, 2.05) is 0 Å². The van der Waals surface area contributed by atoms with Gasteiger partial charge in [-0.3, -0.25) is 4.79 Å². The van der Waals surface area contributed by atoms with Crippen molar-refractivity contribution in [2.45, 2.75) is 4.90 Å². The van der Waals surface area contributed by atoms with Crippen LogP contribution in [-0.4, -0.2) is 49.7 Å². The van der Waals surface area contributed by atoms with Gasteiger partial charge in [0.1, 0.15) is 16.5 Å². The molecule has 1 heterocycles. The molecule has 0 spiro atoms. The maximum atomic E-state index is 13.8. The van der Waals surface area contributed by atoms with Gasteiger partial charge in [-0.2, -0.15) is 4.31 Å². The Balaban J connectivity index is 1.74. The highest BCUT2D eigenvalue weighted by atomic mass is 79.9. The lowest BCUT2D eigenvalue weighted by Crippen LogP contribution is -2.50. The highest BCUT2D eigenvalue weighted by Crippen LogP contribution is 2.22. The van der Waals surface area contributed by atoms with Crippen LogP contribution in [-0.2, 0) is 10.0 Å². The average molecular weight is 445 g/mol. The van der Waals surface area contributed by atoms with Gasteiger partial charge in [0.2, 0.25) is 10.0 Å². The van der Waals surface area contributed by atoms with Gasteiger partial charge in [-0.25, -0.2) is 17.2 Å². The highest BCUT2D eigenvalue weighted by molar-refractivity contribution is 9.10. The third-order valence-corrected chi connectivity index (χ3v) is 6.52. The Morgan fingerprint density at radius 1 is 1.00 bits per heavy atom. The molecule has 1 aliphatic rings. The number of rotatable bonds is 3. The normalized spacial score (nSPS) is 15.9. The van der Waals surface area contributed by atoms with Gasteiger partial charge in [-0.05, 0) is 36.4 Å². The molecule has 0 unspecified atom stereocenters. The Labute approximate surface area is 158 Å². The summed E-state index contributed by atoms with van der Waals surface area (Å²) in [7, 11) is -4.16. The number of halogens is 3. The number of piperazine rings is 1. The fourth-order valence-electron chi connectivity index (χ4n) is 2.75. The molecule has 0 atom stereocenters. The average Bonchev–Trinajstić information content (AvgIpc) is 2.63. The van der Waals surface area contributed by atoms with Gasteiger partial charge in [-0.15, -0.1) is 0 Å². The van der Waals surface area contributed by atoms with Crippen LogP contribution >= 0.6 is 15.9 Å². The number of amides is 1. The Morgan fingerprint density at radius 3 is 2.35 bits per heavy atom. The van der Waals surface area contributed by atoms with E-state index in [2.05, 4.69) is 15.9 Å². The van der Waals surface area contributed by atoms with Crippen LogP contribution in [0.15, 0.2) is 51.8 Å². The van der Waals surface area contributed by atoms with Gasteiger partial charge in [0, 0.05) is 36.2 Å². The molecule has 1 fully saturated rings. The molecule has 2 aromatic carbocycles. The van der Waals surface area contributed by atoms with Crippen LogP contribution in [0.5, 0.6) is 0 Å². The number of hydrogen-bond acceptors (Lipinski definition) is 3. The number of carbonyl (C=O) groups is 1. The van der Waals surface area contributed by atoms with Gasteiger partial charge in [0.25, 0.3) is 5.91 Å². The first-order valence-corrected chi connectivity index (χ1v) is 10.0. The molecule has 138 valence electrons. The van der Waals surface area contributed by atoms with E-state index in [0.717, 1.165) is 20.9 Å². The van der Waals surface area contributed by atoms with Crippen LogP contribution in [0.1, 0.15) is 10.4 Å². The van der Waals surface area contributed by atoms with E-state index in [-0.39, 0.29) is 32.1 Å². The summed E-state index contributed by atoms with van der Waals surface area (Å²) in [6, 6.07) is 9.23. The van der Waals surface area contributed by atoms with E-state index in [0.29, 0.717) is 11.6 Å². The molecule has 1 aliphatic heterocycles. The summed E-state index contributed by atoms with van der Waals surface area (Å²) >= 11 is 3.30. The lowest BCUT2D eigenvalue weighted by Gasteiger charge is -2.34. The zero-order valence-electron chi connectivity index (χ0n) is 13.5. The van der Waals surface area contributed by atoms with Gasteiger partial charge in [0.15, 0.2) is 0 Å². The molecular weight excluding hydrogens is 430 g/mol. The Morgan fingerprint density at radius 2 is 1.69 bits per heavy atom. The predicted molar refractivity (Wildman–Crippen MR) is 95.2 cm³/mol. The number of nitrogens with zero attached hydrogens (tertiary/aromatic N) is 2. The molecule has 2 aromatic rings. The van der Waals surface area contributed by atoms with Crippen molar-refractivity contribution in [3.05, 3.63) is 64.1 Å². The van der Waals surface area contributed by atoms with Crippen molar-refractivity contribution in [2.24, 2.45) is 0 Å². The molecule has 0 saturated carbocycles. The van der Waals surface area contributed by atoms with Crippen LogP contribution < -0.4 is 0 Å². The number of benzene rings is 2. The lowest BCUT2D eigenvalue weighted by atomic mass is 10.2. The van der Waals surface area contributed by atoms with Crippen LogP contribution in [0.4, 0.5) is 8.78 Å². The Hall–Kier alpha value is -1.84. The predicted octanol–water partition coefficient (Wildman–Crippen LogP) is 2.87. The summed E-state index contributed by atoms with van der Waals surface area (Å²) in [5, 5.41) is 0. The largest absolute Gasteiger partial charge is 0.336 e. The van der Waals surface area contributed by atoms with Gasteiger partial charge in [0.05, 0.1) is 0 Å². The van der Waals surface area contributed by atoms with Crippen LogP contribution in [0.25, 0.3) is 0 Å². The first-order valence-electron chi connectivity index (χ1n) is 7.79. The van der Waals surface area contributed by atoms with Crippen molar-refractivity contribution < 1.29 is 22.0 Å².